The number of hydrogen-bond acceptors (Lipinski definition) is 37. The second-order valence-corrected chi connectivity index (χ2v) is 33.6. The molecule has 3 saturated heterocycles. The van der Waals surface area contributed by atoms with E-state index in [2.05, 4.69) is 71.3 Å². The Labute approximate surface area is 572 Å². The first-order chi connectivity index (χ1) is 46.5. The summed E-state index contributed by atoms with van der Waals surface area (Å²) >= 11 is 0. The van der Waals surface area contributed by atoms with Crippen LogP contribution in [0.25, 0.3) is 0 Å². The Morgan fingerprint density at radius 2 is 0.767 bits per heavy atom. The minimum Gasteiger partial charge on any atom is -0.386 e. The topological polar surface area (TPSA) is 824 Å². The van der Waals surface area contributed by atoms with Gasteiger partial charge in [0.1, 0.15) is 67.4 Å². The van der Waals surface area contributed by atoms with Crippen molar-refractivity contribution in [3.63, 3.8) is 0 Å². The molecule has 0 bridgehead atoms. The van der Waals surface area contributed by atoms with Crippen LogP contribution < -0.4 is 34.3 Å². The smallest absolute Gasteiger partial charge is 0.386 e. The summed E-state index contributed by atoms with van der Waals surface area (Å²) in [6.45, 7) is 4.39. The minimum atomic E-state index is -5.84. The van der Waals surface area contributed by atoms with Crippen LogP contribution >= 0.6 is 70.4 Å². The number of aromatic nitrogens is 7. The number of anilines is 3. The minimum absolute atomic E-state index is 0.0568. The number of rotatable bonds is 24. The molecule has 0 radical (unpaired) electrons. The van der Waals surface area contributed by atoms with Crippen LogP contribution in [0.2, 0.25) is 0 Å². The number of aliphatic hydroxyl groups excluding tert-OH is 3. The lowest BCUT2D eigenvalue weighted by Crippen LogP contribution is -2.49. The Morgan fingerprint density at radius 3 is 1.04 bits per heavy atom. The predicted molar refractivity (Wildman–Crippen MR) is 325 cm³/mol. The number of alkyl halides is 2. The first-order valence-corrected chi connectivity index (χ1v) is 40.2. The van der Waals surface area contributed by atoms with Crippen LogP contribution in [0.5, 0.6) is 0 Å². The summed E-state index contributed by atoms with van der Waals surface area (Å²) in [5, 5.41) is 68.4. The summed E-state index contributed by atoms with van der Waals surface area (Å²) < 4.78 is 182. The molecule has 0 saturated carbocycles. The molecule has 3 aromatic rings. The fourth-order valence-corrected chi connectivity index (χ4v) is 18.7. The maximum absolute atomic E-state index is 12.7. The Hall–Kier alpha value is -4.62. The Bertz CT molecular complexity index is 4490. The molecule has 0 aromatic carbocycles. The molecule has 0 spiro atoms. The first-order valence-electron chi connectivity index (χ1n) is 26.7. The summed E-state index contributed by atoms with van der Waals surface area (Å²) in [7, 11) is -51.3. The molecular weight excluding hydrogens is 1610 g/mol. The molecule has 0 aliphatic carbocycles. The van der Waals surface area contributed by atoms with E-state index >= 15 is 0 Å². The molecule has 6 heterocycles. The normalized spacial score (nSPS) is 29.3. The van der Waals surface area contributed by atoms with Crippen molar-refractivity contribution >= 4 is 87.9 Å². The third-order valence-electron chi connectivity index (χ3n) is 12.6. The standard InChI is InChI=1S/C14H21FN3O14P3.C14H22N3O14P3.C12H18FN4O14P3/c1-7-6-9(16)17-13(20)18(7)12-14(21,4-3-5-15)11(19)10(29-12)8(2)30-34(25,26)32-35(27,28)31-33(22,23)24;1-4-5-14(20)11(18)10(28-12(14)17-7(2)6-9(15)16-13(17)19)8(3)29-33(24,25)31-34(26,27)30-32(21,22)23;1-6(29-33(24,25)31-34(26,27)30-32(21,22)23)8-9(18)12(20,3-2-4-13)10(28-8)17-11(19)16-7(14)5-15-17/h6,8,10-12,19,21H,5H2,1-2H3,(H,25,26)(H,27,28)(H2,16,17,20)(H2,22,23,24);6,8,10-12,18,20H,1-3H3,(H,24,25)(H,26,27)(H2,15,16,19)(H2,21,22,23);5-6,8-10,18,20H,4H2,1H3,(H,24,25)(H,26,27)(H2,14,16,19)(H2,21,22,23)/t8-,10+,11-,12+,14?;8-,10-,11+,12-,14?;6-,8-,9+,10-,12?/m011/s1. The molecule has 24 N–H and O–H groups in total. The maximum Gasteiger partial charge on any atom is 0.490 e. The largest absolute Gasteiger partial charge is 0.490 e. The van der Waals surface area contributed by atoms with E-state index in [4.69, 9.17) is 60.8 Å². The maximum atomic E-state index is 12.7. The van der Waals surface area contributed by atoms with Crippen molar-refractivity contribution < 1.29 is 193 Å². The molecule has 3 aliphatic rings. The number of phosphoric ester groups is 3. The van der Waals surface area contributed by atoms with E-state index in [-0.39, 0.29) is 28.8 Å². The molecule has 3 fully saturated rings. The van der Waals surface area contributed by atoms with Gasteiger partial charge in [-0.1, -0.05) is 29.6 Å². The van der Waals surface area contributed by atoms with E-state index in [1.165, 1.54) is 32.9 Å². The number of hydrogen-bond donors (Lipinski definition) is 21. The SMILES string of the molecule is CC#CC1(O)[C@@H](O)[C@@H]([C@@H](C)OP(=O)(O)OP(=O)(O)OP(=O)(O)O)O[C@H]1n1c(C)cc(N)nc1=O.C[C@@H](OP(=O)(O)OP(=O)(O)OP(=O)(O)O)[C@H]1O[C@@H](n2ncc(N)nc2=O)C(O)(C#CCF)[C@H]1O.Cc1cc(N)nc(=O)n1[C@@H]1O[C@H]([C@H](C)OP(=O)(O)OP(=O)(O)OP(=O)(O)O)[C@H](O)C1(O)C#CCF. The van der Waals surface area contributed by atoms with Crippen LogP contribution in [-0.2, 0) is 94.7 Å². The van der Waals surface area contributed by atoms with Crippen LogP contribution in [0.1, 0.15) is 57.8 Å². The van der Waals surface area contributed by atoms with Gasteiger partial charge in [-0.3, -0.25) is 22.7 Å². The van der Waals surface area contributed by atoms with E-state index in [0.29, 0.717) is 9.25 Å². The second kappa shape index (κ2) is 33.9. The average Bonchev–Trinajstić information content (AvgIpc) is 1.61. The number of nitrogens with zero attached hydrogens (tertiary/aromatic N) is 7. The third kappa shape index (κ3) is 24.7. The zero-order chi connectivity index (χ0) is 79.4. The average molecular weight is 1670 g/mol. The van der Waals surface area contributed by atoms with Gasteiger partial charge < -0.3 is 121 Å². The lowest BCUT2D eigenvalue weighted by atomic mass is 9.92. The molecule has 3 aromatic heterocycles. The zero-order valence-electron chi connectivity index (χ0n) is 52.1. The third-order valence-corrected chi connectivity index (χ3v) is 24.4. The summed E-state index contributed by atoms with van der Waals surface area (Å²) in [4.78, 5) is 155. The van der Waals surface area contributed by atoms with Gasteiger partial charge in [0, 0.05) is 11.4 Å². The van der Waals surface area contributed by atoms with E-state index in [1.54, 1.807) is 0 Å². The van der Waals surface area contributed by atoms with E-state index < -0.39 is 191 Å². The van der Waals surface area contributed by atoms with Gasteiger partial charge in [-0.15, -0.1) is 5.92 Å². The molecule has 582 valence electrons. The number of halogens is 2. The Kier molecular flexibility index (Phi) is 29.9. The van der Waals surface area contributed by atoms with Gasteiger partial charge in [0.15, 0.2) is 29.9 Å². The van der Waals surface area contributed by atoms with Crippen molar-refractivity contribution in [2.45, 2.75) is 132 Å². The molecule has 0 amide bonds. The van der Waals surface area contributed by atoms with Crippen LogP contribution in [-0.4, -0.2) is 208 Å². The van der Waals surface area contributed by atoms with Crippen molar-refractivity contribution in [1.29, 1.82) is 0 Å². The van der Waals surface area contributed by atoms with Gasteiger partial charge in [-0.25, -0.2) is 64.2 Å². The van der Waals surface area contributed by atoms with E-state index in [0.717, 1.165) is 31.5 Å². The number of nitrogens with two attached hydrogens (primary N) is 3. The van der Waals surface area contributed by atoms with Crippen molar-refractivity contribution in [1.82, 2.24) is 33.9 Å². The van der Waals surface area contributed by atoms with Crippen molar-refractivity contribution in [3.05, 3.63) is 61.2 Å². The van der Waals surface area contributed by atoms with Gasteiger partial charge in [-0.2, -0.15) is 50.6 Å². The molecular formula is C40H61F2N10O42P9. The van der Waals surface area contributed by atoms with Gasteiger partial charge in [-0.05, 0) is 53.7 Å². The summed E-state index contributed by atoms with van der Waals surface area (Å²) in [5.74, 6) is 11.7. The highest BCUT2D eigenvalue weighted by molar-refractivity contribution is 7.67. The van der Waals surface area contributed by atoms with Gasteiger partial charge >= 0.3 is 87.5 Å². The fraction of sp³-hybridized carbons (Fsp3) is 0.575. The number of phosphoric acid groups is 9. The quantitative estimate of drug-likeness (QED) is 0.0298. The van der Waals surface area contributed by atoms with Gasteiger partial charge in [0.25, 0.3) is 0 Å². The van der Waals surface area contributed by atoms with Crippen LogP contribution in [0.4, 0.5) is 26.2 Å². The predicted octanol–water partition coefficient (Wildman–Crippen LogP) is -4.38. The summed E-state index contributed by atoms with van der Waals surface area (Å²) in [6, 6.07) is 2.46. The molecule has 21 atom stereocenters. The number of aryl methyl sites for hydroxylation is 2. The van der Waals surface area contributed by atoms with Crippen LogP contribution in [0.15, 0.2) is 32.7 Å². The number of aliphatic hydroxyl groups is 6. The molecule has 6 rings (SSSR count). The highest BCUT2D eigenvalue weighted by atomic mass is 31.3. The van der Waals surface area contributed by atoms with Crippen molar-refractivity contribution in [2.24, 2.45) is 0 Å². The highest BCUT2D eigenvalue weighted by Crippen LogP contribution is 2.69. The second-order valence-electron chi connectivity index (χ2n) is 20.5. The molecule has 103 heavy (non-hydrogen) atoms. The lowest BCUT2D eigenvalue weighted by Gasteiger charge is -2.28. The van der Waals surface area contributed by atoms with E-state index in [9.17, 15) is 124 Å². The van der Waals surface area contributed by atoms with Crippen molar-refractivity contribution in [2.75, 3.05) is 30.6 Å². The molecule has 9 unspecified atom stereocenters. The van der Waals surface area contributed by atoms with Gasteiger partial charge in [0.2, 0.25) is 5.60 Å². The monoisotopic (exact) mass is 1670 g/mol. The Morgan fingerprint density at radius 1 is 0.485 bits per heavy atom. The van der Waals surface area contributed by atoms with Crippen LogP contribution in [0, 0.1) is 49.4 Å². The highest BCUT2D eigenvalue weighted by Gasteiger charge is 2.62. The van der Waals surface area contributed by atoms with Gasteiger partial charge in [0.05, 0.1) is 24.5 Å². The number of ether oxygens (including phenoxy) is 3. The fourth-order valence-electron chi connectivity index (χ4n) is 9.05. The molecule has 3 aliphatic heterocycles. The Balaban J connectivity index is 0.000000327. The summed E-state index contributed by atoms with van der Waals surface area (Å²) in [5.41, 5.74) is 5.33. The zero-order valence-corrected chi connectivity index (χ0v) is 60.1. The van der Waals surface area contributed by atoms with Crippen LogP contribution in [0.3, 0.4) is 0 Å². The lowest BCUT2D eigenvalue weighted by molar-refractivity contribution is -0.0932. The van der Waals surface area contributed by atoms with E-state index in [1.807, 2.05) is 23.7 Å². The molecule has 52 nitrogen and oxygen atoms in total. The first kappa shape index (κ1) is 90.8. The summed E-state index contributed by atoms with van der Waals surface area (Å²) in [6.07, 6.45) is -21.8. The number of nitrogen functional groups attached to an aromatic ring is 3. The molecule has 63 heteroatoms. The van der Waals surface area contributed by atoms with Crippen molar-refractivity contribution in [3.8, 4) is 35.5 Å².